The zero-order valence-corrected chi connectivity index (χ0v) is 14.0. The molecule has 0 radical (unpaired) electrons. The zero-order valence-electron chi connectivity index (χ0n) is 13.3. The molecule has 2 unspecified atom stereocenters. The van der Waals surface area contributed by atoms with Crippen LogP contribution >= 0.6 is 11.6 Å². The Kier molecular flexibility index (Phi) is 5.64. The van der Waals surface area contributed by atoms with Crippen molar-refractivity contribution in [2.45, 2.75) is 44.7 Å². The number of nitrogens with one attached hydrogen (secondary N) is 1. The molecule has 1 aliphatic carbocycles. The summed E-state index contributed by atoms with van der Waals surface area (Å²) in [6, 6.07) is 4.73. The van der Waals surface area contributed by atoms with Gasteiger partial charge in [0.05, 0.1) is 0 Å². The molecular weight excluding hydrogens is 287 g/mol. The molecule has 0 heterocycles. The number of hydrogen-bond donors (Lipinski definition) is 1. The quantitative estimate of drug-likeness (QED) is 0.881. The van der Waals surface area contributed by atoms with Crippen molar-refractivity contribution in [3.05, 3.63) is 34.6 Å². The Morgan fingerprint density at radius 2 is 2.19 bits per heavy atom. The third kappa shape index (κ3) is 4.18. The Bertz CT molecular complexity index is 478. The van der Waals surface area contributed by atoms with Gasteiger partial charge >= 0.3 is 0 Å². The Balaban J connectivity index is 1.98. The molecule has 1 fully saturated rings. The summed E-state index contributed by atoms with van der Waals surface area (Å²) >= 11 is 5.94. The van der Waals surface area contributed by atoms with Gasteiger partial charge in [0.25, 0.3) is 0 Å². The monoisotopic (exact) mass is 312 g/mol. The van der Waals surface area contributed by atoms with Crippen molar-refractivity contribution in [2.75, 3.05) is 20.6 Å². The molecule has 21 heavy (non-hydrogen) atoms. The van der Waals surface area contributed by atoms with E-state index >= 15 is 0 Å². The Morgan fingerprint density at radius 3 is 2.86 bits per heavy atom. The standard InChI is InChI=1S/C17H26ClFN2/c1-13-5-4-8-17(10-13,21(2)3)12-20-11-14-9-15(18)6-7-16(14)19/h6-7,9,13,20H,4-5,8,10-12H2,1-3H3. The number of benzene rings is 1. The van der Waals surface area contributed by atoms with Crippen LogP contribution in [0, 0.1) is 11.7 Å². The minimum atomic E-state index is -0.192. The maximum Gasteiger partial charge on any atom is 0.127 e. The summed E-state index contributed by atoms with van der Waals surface area (Å²) in [6.45, 7) is 3.74. The molecule has 1 aromatic rings. The highest BCUT2D eigenvalue weighted by molar-refractivity contribution is 6.30. The van der Waals surface area contributed by atoms with E-state index in [-0.39, 0.29) is 11.4 Å². The van der Waals surface area contributed by atoms with Gasteiger partial charge in [0.2, 0.25) is 0 Å². The number of halogens is 2. The summed E-state index contributed by atoms with van der Waals surface area (Å²) in [4.78, 5) is 2.34. The lowest BCUT2D eigenvalue weighted by Crippen LogP contribution is -2.54. The van der Waals surface area contributed by atoms with E-state index in [1.165, 1.54) is 31.7 Å². The minimum Gasteiger partial charge on any atom is -0.311 e. The van der Waals surface area contributed by atoms with Crippen molar-refractivity contribution in [1.29, 1.82) is 0 Å². The Labute approximate surface area is 132 Å². The first-order chi connectivity index (χ1) is 9.93. The van der Waals surface area contributed by atoms with Crippen LogP contribution in [-0.2, 0) is 6.54 Å². The molecule has 4 heteroatoms. The van der Waals surface area contributed by atoms with Gasteiger partial charge in [-0.2, -0.15) is 0 Å². The van der Waals surface area contributed by atoms with Crippen molar-refractivity contribution >= 4 is 11.6 Å². The second-order valence-corrected chi connectivity index (χ2v) is 7.10. The van der Waals surface area contributed by atoms with Gasteiger partial charge in [-0.15, -0.1) is 0 Å². The molecule has 118 valence electrons. The van der Waals surface area contributed by atoms with Gasteiger partial charge in [-0.3, -0.25) is 0 Å². The third-order valence-corrected chi connectivity index (χ3v) is 5.03. The second-order valence-electron chi connectivity index (χ2n) is 6.66. The fourth-order valence-electron chi connectivity index (χ4n) is 3.47. The van der Waals surface area contributed by atoms with Crippen LogP contribution in [-0.4, -0.2) is 31.1 Å². The van der Waals surface area contributed by atoms with Crippen LogP contribution in [0.25, 0.3) is 0 Å². The number of nitrogens with zero attached hydrogens (tertiary/aromatic N) is 1. The SMILES string of the molecule is CC1CCCC(CNCc2cc(Cl)ccc2F)(N(C)C)C1. The summed E-state index contributed by atoms with van der Waals surface area (Å²) in [5.41, 5.74) is 0.826. The predicted molar refractivity (Wildman–Crippen MR) is 87.2 cm³/mol. The summed E-state index contributed by atoms with van der Waals surface area (Å²) in [5, 5.41) is 4.03. The first-order valence-corrected chi connectivity index (χ1v) is 8.13. The summed E-state index contributed by atoms with van der Waals surface area (Å²) in [6.07, 6.45) is 4.99. The maximum atomic E-state index is 13.7. The molecule has 2 rings (SSSR count). The molecule has 2 nitrogen and oxygen atoms in total. The van der Waals surface area contributed by atoms with E-state index in [2.05, 4.69) is 31.2 Å². The molecule has 0 aliphatic heterocycles. The van der Waals surface area contributed by atoms with Crippen LogP contribution in [0.1, 0.15) is 38.2 Å². The number of hydrogen-bond acceptors (Lipinski definition) is 2. The second kappa shape index (κ2) is 7.08. The summed E-state index contributed by atoms with van der Waals surface area (Å²) in [7, 11) is 4.30. The highest BCUT2D eigenvalue weighted by atomic mass is 35.5. The Morgan fingerprint density at radius 1 is 1.43 bits per heavy atom. The van der Waals surface area contributed by atoms with Crippen molar-refractivity contribution in [3.63, 3.8) is 0 Å². The molecule has 1 aliphatic rings. The fraction of sp³-hybridized carbons (Fsp3) is 0.647. The number of likely N-dealkylation sites (N-methyl/N-ethyl adjacent to an activating group) is 1. The fourth-order valence-corrected chi connectivity index (χ4v) is 3.66. The summed E-state index contributed by atoms with van der Waals surface area (Å²) < 4.78 is 13.7. The van der Waals surface area contributed by atoms with E-state index in [1.807, 2.05) is 0 Å². The average Bonchev–Trinajstić information content (AvgIpc) is 2.42. The van der Waals surface area contributed by atoms with Crippen molar-refractivity contribution < 1.29 is 4.39 Å². The van der Waals surface area contributed by atoms with Crippen LogP contribution in [0.3, 0.4) is 0 Å². The first-order valence-electron chi connectivity index (χ1n) is 7.75. The van der Waals surface area contributed by atoms with Crippen LogP contribution in [0.2, 0.25) is 5.02 Å². The van der Waals surface area contributed by atoms with Crippen LogP contribution in [0.5, 0.6) is 0 Å². The smallest absolute Gasteiger partial charge is 0.127 e. The normalized spacial score (nSPS) is 26.3. The van der Waals surface area contributed by atoms with Gasteiger partial charge in [-0.1, -0.05) is 31.4 Å². The van der Waals surface area contributed by atoms with Crippen molar-refractivity contribution in [1.82, 2.24) is 10.2 Å². The molecule has 0 bridgehead atoms. The molecular formula is C17H26ClFN2. The maximum absolute atomic E-state index is 13.7. The third-order valence-electron chi connectivity index (χ3n) is 4.79. The van der Waals surface area contributed by atoms with E-state index in [9.17, 15) is 4.39 Å². The van der Waals surface area contributed by atoms with Gasteiger partial charge in [0.1, 0.15) is 5.82 Å². The van der Waals surface area contributed by atoms with Crippen LogP contribution in [0.4, 0.5) is 4.39 Å². The summed E-state index contributed by atoms with van der Waals surface area (Å²) in [5.74, 6) is 0.564. The number of rotatable bonds is 5. The highest BCUT2D eigenvalue weighted by Gasteiger charge is 2.36. The average molecular weight is 313 g/mol. The minimum absolute atomic E-state index is 0.187. The van der Waals surface area contributed by atoms with Gasteiger partial charge in [-0.05, 0) is 51.1 Å². The van der Waals surface area contributed by atoms with Gasteiger partial charge in [0.15, 0.2) is 0 Å². The highest BCUT2D eigenvalue weighted by Crippen LogP contribution is 2.35. The molecule has 2 atom stereocenters. The lowest BCUT2D eigenvalue weighted by Gasteiger charge is -2.45. The van der Waals surface area contributed by atoms with Gasteiger partial charge in [0, 0.05) is 29.2 Å². The largest absolute Gasteiger partial charge is 0.311 e. The lowest BCUT2D eigenvalue weighted by atomic mass is 9.75. The lowest BCUT2D eigenvalue weighted by molar-refractivity contribution is 0.0749. The van der Waals surface area contributed by atoms with E-state index in [0.29, 0.717) is 17.1 Å². The first kappa shape index (κ1) is 16.7. The molecule has 1 N–H and O–H groups in total. The molecule has 0 amide bonds. The van der Waals surface area contributed by atoms with E-state index in [1.54, 1.807) is 12.1 Å². The topological polar surface area (TPSA) is 15.3 Å². The zero-order chi connectivity index (χ0) is 15.5. The molecule has 0 spiro atoms. The molecule has 1 saturated carbocycles. The van der Waals surface area contributed by atoms with Crippen LogP contribution < -0.4 is 5.32 Å². The molecule has 0 aromatic heterocycles. The van der Waals surface area contributed by atoms with Crippen LogP contribution in [0.15, 0.2) is 18.2 Å². The van der Waals surface area contributed by atoms with E-state index in [0.717, 1.165) is 12.5 Å². The van der Waals surface area contributed by atoms with Crippen molar-refractivity contribution in [2.24, 2.45) is 5.92 Å². The van der Waals surface area contributed by atoms with E-state index < -0.39 is 0 Å². The van der Waals surface area contributed by atoms with Gasteiger partial charge < -0.3 is 10.2 Å². The van der Waals surface area contributed by atoms with Crippen molar-refractivity contribution in [3.8, 4) is 0 Å². The molecule has 1 aromatic carbocycles. The van der Waals surface area contributed by atoms with E-state index in [4.69, 9.17) is 11.6 Å². The van der Waals surface area contributed by atoms with Gasteiger partial charge in [-0.25, -0.2) is 4.39 Å². The molecule has 0 saturated heterocycles. The Hall–Kier alpha value is -0.640. The predicted octanol–water partition coefficient (Wildman–Crippen LogP) is 4.08.